The highest BCUT2D eigenvalue weighted by Gasteiger charge is 2.35. The Kier molecular flexibility index (Phi) is 10.0. The van der Waals surface area contributed by atoms with Crippen molar-refractivity contribution in [1.29, 1.82) is 0 Å². The van der Waals surface area contributed by atoms with Crippen LogP contribution in [-0.4, -0.2) is 50.9 Å². The van der Waals surface area contributed by atoms with Crippen LogP contribution >= 0.6 is 0 Å². The molecule has 0 unspecified atom stereocenters. The summed E-state index contributed by atoms with van der Waals surface area (Å²) in [5.74, 6) is -1.35. The number of anilines is 5. The zero-order chi connectivity index (χ0) is 28.6. The van der Waals surface area contributed by atoms with Gasteiger partial charge in [0.15, 0.2) is 6.10 Å². The van der Waals surface area contributed by atoms with E-state index in [1.165, 1.54) is 51.1 Å². The number of benzene rings is 1. The number of rotatable bonds is 8. The van der Waals surface area contributed by atoms with E-state index in [2.05, 4.69) is 30.9 Å². The number of ether oxygens (including phenoxy) is 1. The lowest BCUT2D eigenvalue weighted by Gasteiger charge is -2.18. The predicted octanol–water partition coefficient (Wildman–Crippen LogP) is 4.86. The minimum absolute atomic E-state index is 0.0750. The van der Waals surface area contributed by atoms with Gasteiger partial charge in [0.2, 0.25) is 11.8 Å². The first kappa shape index (κ1) is 29.6. The molecule has 1 saturated carbocycles. The molecule has 3 aromatic rings. The maximum atomic E-state index is 13.7. The van der Waals surface area contributed by atoms with E-state index >= 15 is 0 Å². The van der Waals surface area contributed by atoms with Gasteiger partial charge >= 0.3 is 6.18 Å². The zero-order valence-corrected chi connectivity index (χ0v) is 21.8. The largest absolute Gasteiger partial charge is 0.481 e. The van der Waals surface area contributed by atoms with E-state index < -0.39 is 36.2 Å². The van der Waals surface area contributed by atoms with Crippen molar-refractivity contribution in [2.75, 3.05) is 29.7 Å². The van der Waals surface area contributed by atoms with Crippen molar-refractivity contribution < 1.29 is 32.9 Å². The van der Waals surface area contributed by atoms with Gasteiger partial charge in [-0.3, -0.25) is 4.79 Å². The van der Waals surface area contributed by atoms with Crippen LogP contribution in [0.1, 0.15) is 42.4 Å². The second-order valence-electron chi connectivity index (χ2n) is 8.90. The third-order valence-electron chi connectivity index (χ3n) is 5.79. The van der Waals surface area contributed by atoms with E-state index in [-0.39, 0.29) is 23.2 Å². The van der Waals surface area contributed by atoms with Crippen molar-refractivity contribution in [3.8, 4) is 5.88 Å². The van der Waals surface area contributed by atoms with Crippen molar-refractivity contribution in [1.82, 2.24) is 15.0 Å². The summed E-state index contributed by atoms with van der Waals surface area (Å²) in [4.78, 5) is 23.9. The molecule has 39 heavy (non-hydrogen) atoms. The molecule has 0 bridgehead atoms. The Morgan fingerprint density at radius 2 is 1.72 bits per heavy atom. The van der Waals surface area contributed by atoms with Crippen LogP contribution in [0.5, 0.6) is 5.88 Å². The van der Waals surface area contributed by atoms with E-state index in [0.29, 0.717) is 23.0 Å². The van der Waals surface area contributed by atoms with Gasteiger partial charge in [0.25, 0.3) is 5.91 Å². The molecular weight excluding hydrogens is 517 g/mol. The van der Waals surface area contributed by atoms with E-state index in [1.54, 1.807) is 26.0 Å². The number of aromatic nitrogens is 3. The molecule has 1 aliphatic carbocycles. The first-order chi connectivity index (χ1) is 18.5. The molecule has 4 rings (SSSR count). The number of nitrogens with zero attached hydrogens (tertiary/aromatic N) is 3. The van der Waals surface area contributed by atoms with Gasteiger partial charge in [-0.25, -0.2) is 9.97 Å². The van der Waals surface area contributed by atoms with E-state index in [9.17, 15) is 23.1 Å². The first-order valence-electron chi connectivity index (χ1n) is 12.2. The number of aryl methyl sites for hydroxylation is 2. The lowest BCUT2D eigenvalue weighted by molar-refractivity contribution is -0.137. The average Bonchev–Trinajstić information content (AvgIpc) is 2.85. The molecule has 1 aromatic carbocycles. The normalized spacial score (nSPS) is 13.3. The summed E-state index contributed by atoms with van der Waals surface area (Å²) >= 11 is 0. The SMILES string of the molecule is C1CCC1.COc1cc(Nc2ncc(C(F)(F)F)c(Nc3ccc(C)cc3NC(=O)[C@H](O)CO)n2)c(C)cn1. The Balaban J connectivity index is 0.000000960. The number of carbonyl (C=O) groups is 1. The third-order valence-corrected chi connectivity index (χ3v) is 5.79. The predicted molar refractivity (Wildman–Crippen MR) is 140 cm³/mol. The lowest BCUT2D eigenvalue weighted by Crippen LogP contribution is -2.30. The van der Waals surface area contributed by atoms with Gasteiger partial charge in [-0.05, 0) is 37.1 Å². The van der Waals surface area contributed by atoms with Gasteiger partial charge in [-0.15, -0.1) is 0 Å². The summed E-state index contributed by atoms with van der Waals surface area (Å²) in [6, 6.07) is 6.10. The molecule has 0 aliphatic heterocycles. The molecule has 2 heterocycles. The Morgan fingerprint density at radius 3 is 2.31 bits per heavy atom. The number of alkyl halides is 3. The fourth-order valence-corrected chi connectivity index (χ4v) is 3.16. The topological polar surface area (TPSA) is 142 Å². The average molecular weight is 549 g/mol. The number of hydrogen-bond donors (Lipinski definition) is 5. The number of halogens is 3. The molecule has 5 N–H and O–H groups in total. The highest BCUT2D eigenvalue weighted by molar-refractivity contribution is 5.97. The van der Waals surface area contributed by atoms with Crippen molar-refractivity contribution >= 4 is 34.7 Å². The fraction of sp³-hybridized carbons (Fsp3) is 0.385. The number of hydrogen-bond acceptors (Lipinski definition) is 9. The first-order valence-corrected chi connectivity index (χ1v) is 12.2. The quantitative estimate of drug-likeness (QED) is 0.267. The van der Waals surface area contributed by atoms with Crippen molar-refractivity contribution in [3.05, 3.63) is 53.3 Å². The monoisotopic (exact) mass is 548 g/mol. The van der Waals surface area contributed by atoms with Gasteiger partial charge in [-0.1, -0.05) is 31.7 Å². The number of aliphatic hydroxyl groups is 2. The Morgan fingerprint density at radius 1 is 1.03 bits per heavy atom. The highest BCUT2D eigenvalue weighted by atomic mass is 19.4. The summed E-state index contributed by atoms with van der Waals surface area (Å²) in [6.45, 7) is 2.62. The van der Waals surface area contributed by atoms with Gasteiger partial charge < -0.3 is 30.9 Å². The van der Waals surface area contributed by atoms with Crippen LogP contribution in [0.2, 0.25) is 0 Å². The van der Waals surface area contributed by atoms with Crippen LogP contribution < -0.4 is 20.7 Å². The summed E-state index contributed by atoms with van der Waals surface area (Å²) in [6.07, 6.45) is 1.67. The number of amides is 1. The molecular formula is C26H31F3N6O4. The minimum Gasteiger partial charge on any atom is -0.481 e. The third kappa shape index (κ3) is 8.26. The van der Waals surface area contributed by atoms with Crippen LogP contribution in [0.3, 0.4) is 0 Å². The van der Waals surface area contributed by atoms with Crippen LogP contribution in [0.25, 0.3) is 0 Å². The molecule has 0 spiro atoms. The van der Waals surface area contributed by atoms with Gasteiger partial charge in [-0.2, -0.15) is 18.2 Å². The van der Waals surface area contributed by atoms with E-state index in [1.807, 2.05) is 0 Å². The number of nitrogens with one attached hydrogen (secondary N) is 3. The van der Waals surface area contributed by atoms with Gasteiger partial charge in [0, 0.05) is 18.5 Å². The summed E-state index contributed by atoms with van der Waals surface area (Å²) in [7, 11) is 1.43. The summed E-state index contributed by atoms with van der Waals surface area (Å²) < 4.78 is 46.2. The van der Waals surface area contributed by atoms with Crippen molar-refractivity contribution in [2.45, 2.75) is 51.8 Å². The second-order valence-corrected chi connectivity index (χ2v) is 8.90. The van der Waals surface area contributed by atoms with Crippen LogP contribution in [0.15, 0.2) is 36.7 Å². The van der Waals surface area contributed by atoms with Crippen LogP contribution in [-0.2, 0) is 11.0 Å². The Bertz CT molecular complexity index is 1280. The Labute approximate surface area is 223 Å². The van der Waals surface area contributed by atoms with Gasteiger partial charge in [0.05, 0.1) is 30.8 Å². The molecule has 0 saturated heterocycles. The molecule has 2 aromatic heterocycles. The van der Waals surface area contributed by atoms with Crippen LogP contribution in [0.4, 0.5) is 42.0 Å². The molecule has 1 aliphatic rings. The number of pyridine rings is 1. The maximum absolute atomic E-state index is 13.7. The molecule has 1 atom stereocenters. The summed E-state index contributed by atoms with van der Waals surface area (Å²) in [5.41, 5.74) is 0.857. The zero-order valence-electron chi connectivity index (χ0n) is 21.8. The molecule has 13 heteroatoms. The number of carbonyl (C=O) groups excluding carboxylic acids is 1. The molecule has 10 nitrogen and oxygen atoms in total. The molecule has 210 valence electrons. The fourth-order valence-electron chi connectivity index (χ4n) is 3.16. The molecule has 0 radical (unpaired) electrons. The Hall–Kier alpha value is -3.97. The number of aliphatic hydroxyl groups excluding tert-OH is 2. The van der Waals surface area contributed by atoms with Gasteiger partial charge in [0.1, 0.15) is 11.4 Å². The number of methoxy groups -OCH3 is 1. The van der Waals surface area contributed by atoms with E-state index in [4.69, 9.17) is 9.84 Å². The second kappa shape index (κ2) is 13.2. The minimum atomic E-state index is -4.78. The molecule has 1 fully saturated rings. The van der Waals surface area contributed by atoms with Crippen LogP contribution in [0, 0.1) is 13.8 Å². The summed E-state index contributed by atoms with van der Waals surface area (Å²) in [5, 5.41) is 26.4. The van der Waals surface area contributed by atoms with E-state index in [0.717, 1.165) is 0 Å². The smallest absolute Gasteiger partial charge is 0.421 e. The maximum Gasteiger partial charge on any atom is 0.421 e. The highest BCUT2D eigenvalue weighted by Crippen LogP contribution is 2.37. The van der Waals surface area contributed by atoms with Crippen molar-refractivity contribution in [3.63, 3.8) is 0 Å². The lowest BCUT2D eigenvalue weighted by atomic mass is 10.0. The van der Waals surface area contributed by atoms with Crippen molar-refractivity contribution in [2.24, 2.45) is 0 Å². The molecule has 1 amide bonds. The standard InChI is InChI=1S/C22H23F3N6O4.C4H8/c1-11-4-5-14(16(6-11)29-20(34)17(33)10-32)28-19-13(22(23,24)25)9-27-21(31-19)30-15-7-18(35-3)26-8-12(15)2;1-2-4-3-1/h4-9,17,32-33H,10H2,1-3H3,(H,29,34)(H2,26,27,28,30,31);1-4H2/t17-;/m1./s1.